The average Bonchev–Trinajstić information content (AvgIpc) is 2.38. The van der Waals surface area contributed by atoms with Gasteiger partial charge in [-0.05, 0) is 6.07 Å². The maximum atomic E-state index is 13.7. The van der Waals surface area contributed by atoms with Crippen LogP contribution in [-0.4, -0.2) is 32.4 Å². The molecule has 1 N–H and O–H groups in total. The molecule has 1 aromatic carbocycles. The van der Waals surface area contributed by atoms with E-state index < -0.39 is 17.9 Å². The minimum absolute atomic E-state index is 0.171. The lowest BCUT2D eigenvalue weighted by atomic mass is 10.0. The predicted octanol–water partition coefficient (Wildman–Crippen LogP) is 1.19. The molecule has 6 heteroatoms. The maximum absolute atomic E-state index is 13.7. The van der Waals surface area contributed by atoms with Crippen LogP contribution in [0.2, 0.25) is 0 Å². The zero-order valence-electron chi connectivity index (χ0n) is 10.4. The van der Waals surface area contributed by atoms with E-state index >= 15 is 0 Å². The van der Waals surface area contributed by atoms with Crippen molar-refractivity contribution in [1.82, 2.24) is 0 Å². The SMILES string of the molecule is COCc1cc(C(O)C(=O)OC)c(F)cc1OC. The quantitative estimate of drug-likeness (QED) is 0.803. The van der Waals surface area contributed by atoms with Crippen LogP contribution in [0.25, 0.3) is 0 Å². The minimum atomic E-state index is -1.67. The van der Waals surface area contributed by atoms with Gasteiger partial charge in [0.15, 0.2) is 6.10 Å². The lowest BCUT2D eigenvalue weighted by Crippen LogP contribution is -2.15. The van der Waals surface area contributed by atoms with Gasteiger partial charge in [0.25, 0.3) is 0 Å². The lowest BCUT2D eigenvalue weighted by Gasteiger charge is -2.14. The van der Waals surface area contributed by atoms with Gasteiger partial charge >= 0.3 is 5.97 Å². The molecule has 1 unspecified atom stereocenters. The molecule has 1 aromatic rings. The summed E-state index contributed by atoms with van der Waals surface area (Å²) in [6.45, 7) is 0.171. The highest BCUT2D eigenvalue weighted by Gasteiger charge is 2.23. The number of aliphatic hydroxyl groups is 1. The molecule has 0 aliphatic carbocycles. The Morgan fingerprint density at radius 2 is 2.06 bits per heavy atom. The van der Waals surface area contributed by atoms with E-state index in [4.69, 9.17) is 9.47 Å². The predicted molar refractivity (Wildman–Crippen MR) is 60.6 cm³/mol. The minimum Gasteiger partial charge on any atom is -0.496 e. The molecule has 100 valence electrons. The lowest BCUT2D eigenvalue weighted by molar-refractivity contribution is -0.150. The van der Waals surface area contributed by atoms with E-state index in [-0.39, 0.29) is 17.9 Å². The van der Waals surface area contributed by atoms with Gasteiger partial charge in [0.1, 0.15) is 11.6 Å². The van der Waals surface area contributed by atoms with E-state index in [0.717, 1.165) is 13.2 Å². The van der Waals surface area contributed by atoms with Gasteiger partial charge in [-0.1, -0.05) is 0 Å². The van der Waals surface area contributed by atoms with Crippen molar-refractivity contribution in [2.24, 2.45) is 0 Å². The summed E-state index contributed by atoms with van der Waals surface area (Å²) in [6.07, 6.45) is -1.67. The van der Waals surface area contributed by atoms with E-state index in [1.807, 2.05) is 0 Å². The highest BCUT2D eigenvalue weighted by molar-refractivity contribution is 5.76. The van der Waals surface area contributed by atoms with Gasteiger partial charge in [0.2, 0.25) is 0 Å². The molecule has 0 aromatic heterocycles. The molecule has 0 saturated carbocycles. The first-order valence-electron chi connectivity index (χ1n) is 5.16. The van der Waals surface area contributed by atoms with Crippen molar-refractivity contribution < 1.29 is 28.5 Å². The van der Waals surface area contributed by atoms with Gasteiger partial charge in [-0.2, -0.15) is 0 Å². The Morgan fingerprint density at radius 1 is 1.39 bits per heavy atom. The number of esters is 1. The summed E-state index contributed by atoms with van der Waals surface area (Å²) in [5, 5.41) is 9.63. The van der Waals surface area contributed by atoms with Crippen LogP contribution in [-0.2, 0) is 20.9 Å². The molecule has 0 spiro atoms. The van der Waals surface area contributed by atoms with Crippen LogP contribution in [0, 0.1) is 5.82 Å². The maximum Gasteiger partial charge on any atom is 0.339 e. The zero-order valence-corrected chi connectivity index (χ0v) is 10.4. The van der Waals surface area contributed by atoms with E-state index in [1.54, 1.807) is 0 Å². The summed E-state index contributed by atoms with van der Waals surface area (Å²) in [4.78, 5) is 11.2. The second kappa shape index (κ2) is 6.32. The Balaban J connectivity index is 3.20. The third-order valence-corrected chi connectivity index (χ3v) is 2.42. The Morgan fingerprint density at radius 3 is 2.56 bits per heavy atom. The van der Waals surface area contributed by atoms with Crippen molar-refractivity contribution in [3.8, 4) is 5.75 Å². The van der Waals surface area contributed by atoms with Crippen molar-refractivity contribution in [3.05, 3.63) is 29.1 Å². The van der Waals surface area contributed by atoms with Crippen molar-refractivity contribution in [3.63, 3.8) is 0 Å². The summed E-state index contributed by atoms with van der Waals surface area (Å²) in [5.74, 6) is -1.39. The summed E-state index contributed by atoms with van der Waals surface area (Å²) in [7, 11) is 3.98. The third-order valence-electron chi connectivity index (χ3n) is 2.42. The Bertz CT molecular complexity index is 433. The fraction of sp³-hybridized carbons (Fsp3) is 0.417. The van der Waals surface area contributed by atoms with E-state index in [1.165, 1.54) is 20.3 Å². The number of rotatable bonds is 5. The Kier molecular flexibility index (Phi) is 5.06. The van der Waals surface area contributed by atoms with Gasteiger partial charge in [-0.15, -0.1) is 0 Å². The normalized spacial score (nSPS) is 12.1. The van der Waals surface area contributed by atoms with E-state index in [2.05, 4.69) is 4.74 Å². The van der Waals surface area contributed by atoms with Crippen LogP contribution in [0.1, 0.15) is 17.2 Å². The van der Waals surface area contributed by atoms with Gasteiger partial charge in [0, 0.05) is 24.3 Å². The van der Waals surface area contributed by atoms with Gasteiger partial charge in [0.05, 0.1) is 20.8 Å². The van der Waals surface area contributed by atoms with E-state index in [0.29, 0.717) is 5.56 Å². The van der Waals surface area contributed by atoms with Crippen LogP contribution < -0.4 is 4.74 Å². The fourth-order valence-electron chi connectivity index (χ4n) is 1.53. The molecule has 0 fully saturated rings. The number of methoxy groups -OCH3 is 3. The molecule has 0 aliphatic rings. The molecule has 1 rings (SSSR count). The number of benzene rings is 1. The number of hydrogen-bond acceptors (Lipinski definition) is 5. The van der Waals surface area contributed by atoms with Crippen molar-refractivity contribution in [1.29, 1.82) is 0 Å². The molecule has 0 bridgehead atoms. The number of ether oxygens (including phenoxy) is 3. The molecule has 18 heavy (non-hydrogen) atoms. The second-order valence-corrected chi connectivity index (χ2v) is 3.54. The van der Waals surface area contributed by atoms with Crippen LogP contribution >= 0.6 is 0 Å². The van der Waals surface area contributed by atoms with Gasteiger partial charge < -0.3 is 19.3 Å². The highest BCUT2D eigenvalue weighted by atomic mass is 19.1. The third kappa shape index (κ3) is 2.96. The standard InChI is InChI=1S/C12H15FO5/c1-16-6-7-4-8(11(14)12(15)18-3)9(13)5-10(7)17-2/h4-5,11,14H,6H2,1-3H3. The fourth-order valence-corrected chi connectivity index (χ4v) is 1.53. The van der Waals surface area contributed by atoms with Crippen LogP contribution in [0.4, 0.5) is 4.39 Å². The molecule has 1 atom stereocenters. The summed E-state index contributed by atoms with van der Waals surface area (Å²) in [5.41, 5.74) is 0.356. The molecular formula is C12H15FO5. The largest absolute Gasteiger partial charge is 0.496 e. The van der Waals surface area contributed by atoms with E-state index in [9.17, 15) is 14.3 Å². The number of carbonyl (C=O) groups is 1. The first kappa shape index (κ1) is 14.4. The first-order valence-corrected chi connectivity index (χ1v) is 5.16. The number of hydrogen-bond donors (Lipinski definition) is 1. The van der Waals surface area contributed by atoms with Crippen LogP contribution in [0.15, 0.2) is 12.1 Å². The van der Waals surface area contributed by atoms with Crippen molar-refractivity contribution in [2.45, 2.75) is 12.7 Å². The van der Waals surface area contributed by atoms with Gasteiger partial charge in [-0.3, -0.25) is 0 Å². The number of aliphatic hydroxyl groups excluding tert-OH is 1. The summed E-state index contributed by atoms with van der Waals surface area (Å²) >= 11 is 0. The van der Waals surface area contributed by atoms with Crippen molar-refractivity contribution >= 4 is 5.97 Å². The number of carbonyl (C=O) groups excluding carboxylic acids is 1. The molecule has 0 amide bonds. The second-order valence-electron chi connectivity index (χ2n) is 3.54. The Hall–Kier alpha value is -1.66. The molecule has 0 radical (unpaired) electrons. The zero-order chi connectivity index (χ0) is 13.7. The van der Waals surface area contributed by atoms with Crippen molar-refractivity contribution in [2.75, 3.05) is 21.3 Å². The van der Waals surface area contributed by atoms with Gasteiger partial charge in [-0.25, -0.2) is 9.18 Å². The summed E-state index contributed by atoms with van der Waals surface area (Å²) < 4.78 is 28.0. The molecular weight excluding hydrogens is 243 g/mol. The molecule has 0 heterocycles. The monoisotopic (exact) mass is 258 g/mol. The summed E-state index contributed by atoms with van der Waals surface area (Å²) in [6, 6.07) is 2.41. The molecule has 5 nitrogen and oxygen atoms in total. The Labute approximate surface area is 104 Å². The number of halogens is 1. The molecule has 0 saturated heterocycles. The topological polar surface area (TPSA) is 65.0 Å². The average molecular weight is 258 g/mol. The highest BCUT2D eigenvalue weighted by Crippen LogP contribution is 2.27. The van der Waals surface area contributed by atoms with Crippen LogP contribution in [0.5, 0.6) is 5.75 Å². The first-order chi connectivity index (χ1) is 8.54. The van der Waals surface area contributed by atoms with Crippen LogP contribution in [0.3, 0.4) is 0 Å². The smallest absolute Gasteiger partial charge is 0.339 e. The molecule has 0 aliphatic heterocycles.